The van der Waals surface area contributed by atoms with E-state index in [4.69, 9.17) is 0 Å². The number of imidazole rings is 1. The maximum Gasteiger partial charge on any atom is 0.277 e. The molecule has 4 rings (SSSR count). The van der Waals surface area contributed by atoms with Crippen molar-refractivity contribution in [1.29, 1.82) is 0 Å². The Balaban J connectivity index is 1.94. The predicted octanol–water partition coefficient (Wildman–Crippen LogP) is 3.56. The molecule has 2 aromatic carbocycles. The number of aryl methyl sites for hydroxylation is 1. The number of nitrogens with zero attached hydrogens (tertiary/aromatic N) is 3. The fraction of sp³-hybridized carbons (Fsp3) is 0.0556. The largest absolute Gasteiger partial charge is 0.297 e. The second-order valence-electron chi connectivity index (χ2n) is 5.33. The maximum atomic E-state index is 13.2. The van der Waals surface area contributed by atoms with Gasteiger partial charge in [0, 0.05) is 23.0 Å². The Kier molecular flexibility index (Phi) is 2.94. The molecule has 0 saturated carbocycles. The Hall–Kier alpha value is -3.08. The molecule has 0 saturated heterocycles. The summed E-state index contributed by atoms with van der Waals surface area (Å²) in [4.78, 5) is 20.0. The first-order valence-electron chi connectivity index (χ1n) is 7.17. The van der Waals surface area contributed by atoms with E-state index in [0.29, 0.717) is 5.56 Å². The van der Waals surface area contributed by atoms with Crippen molar-refractivity contribution in [3.8, 4) is 16.9 Å². The minimum absolute atomic E-state index is 0.230. The molecule has 0 unspecified atom stereocenters. The maximum absolute atomic E-state index is 13.2. The minimum atomic E-state index is -0.286. The van der Waals surface area contributed by atoms with Gasteiger partial charge in [-0.2, -0.15) is 0 Å². The Bertz CT molecular complexity index is 955. The van der Waals surface area contributed by atoms with Gasteiger partial charge in [-0.25, -0.2) is 14.4 Å². The monoisotopic (exact) mass is 305 g/mol. The standard InChI is InChI=1S/C18H12FN3O/c1-11-20-10-17(22(11)13-7-5-12(19)6-8-13)14-3-2-4-15-16(14)9-21-18(15)23/h2-10H,1H3. The first-order chi connectivity index (χ1) is 11.1. The highest BCUT2D eigenvalue weighted by atomic mass is 19.1. The van der Waals surface area contributed by atoms with Crippen LogP contribution in [0.4, 0.5) is 4.39 Å². The second-order valence-corrected chi connectivity index (χ2v) is 5.33. The molecule has 5 heteroatoms. The highest BCUT2D eigenvalue weighted by Crippen LogP contribution is 2.30. The smallest absolute Gasteiger partial charge is 0.277 e. The first-order valence-corrected chi connectivity index (χ1v) is 7.17. The van der Waals surface area contributed by atoms with Gasteiger partial charge >= 0.3 is 0 Å². The molecule has 4 nitrogen and oxygen atoms in total. The zero-order valence-electron chi connectivity index (χ0n) is 12.3. The average molecular weight is 305 g/mol. The van der Waals surface area contributed by atoms with Crippen LogP contribution in [0.2, 0.25) is 0 Å². The van der Waals surface area contributed by atoms with Crippen molar-refractivity contribution in [2.24, 2.45) is 4.99 Å². The van der Waals surface area contributed by atoms with Crippen molar-refractivity contribution in [1.82, 2.24) is 9.55 Å². The summed E-state index contributed by atoms with van der Waals surface area (Å²) in [7, 11) is 0. The lowest BCUT2D eigenvalue weighted by atomic mass is 10.0. The highest BCUT2D eigenvalue weighted by molar-refractivity contribution is 6.15. The third kappa shape index (κ3) is 2.09. The van der Waals surface area contributed by atoms with Crippen LogP contribution in [0, 0.1) is 12.7 Å². The van der Waals surface area contributed by atoms with E-state index < -0.39 is 0 Å². The number of rotatable bonds is 2. The van der Waals surface area contributed by atoms with Gasteiger partial charge in [-0.05, 0) is 37.3 Å². The van der Waals surface area contributed by atoms with Crippen LogP contribution in [0.5, 0.6) is 0 Å². The van der Waals surface area contributed by atoms with Gasteiger partial charge in [-0.3, -0.25) is 9.36 Å². The summed E-state index contributed by atoms with van der Waals surface area (Å²) in [6.45, 7) is 1.88. The van der Waals surface area contributed by atoms with Gasteiger partial charge in [0.15, 0.2) is 0 Å². The lowest BCUT2D eigenvalue weighted by Gasteiger charge is -2.12. The van der Waals surface area contributed by atoms with Gasteiger partial charge in [0.25, 0.3) is 5.91 Å². The number of benzene rings is 2. The van der Waals surface area contributed by atoms with Gasteiger partial charge in [0.2, 0.25) is 0 Å². The van der Waals surface area contributed by atoms with E-state index in [0.717, 1.165) is 28.3 Å². The Morgan fingerprint density at radius 2 is 1.78 bits per heavy atom. The van der Waals surface area contributed by atoms with Crippen molar-refractivity contribution >= 4 is 12.1 Å². The fourth-order valence-corrected chi connectivity index (χ4v) is 2.86. The lowest BCUT2D eigenvalue weighted by Crippen LogP contribution is -2.02. The van der Waals surface area contributed by atoms with E-state index >= 15 is 0 Å². The van der Waals surface area contributed by atoms with Crippen LogP contribution in [-0.2, 0) is 0 Å². The molecular formula is C18H12FN3O. The zero-order chi connectivity index (χ0) is 16.0. The third-order valence-electron chi connectivity index (χ3n) is 3.95. The van der Waals surface area contributed by atoms with E-state index in [1.807, 2.05) is 23.6 Å². The molecule has 3 aromatic rings. The normalized spacial score (nSPS) is 12.7. The number of amides is 1. The van der Waals surface area contributed by atoms with E-state index in [2.05, 4.69) is 9.98 Å². The van der Waals surface area contributed by atoms with Gasteiger partial charge in [0.1, 0.15) is 11.6 Å². The summed E-state index contributed by atoms with van der Waals surface area (Å²) in [5.41, 5.74) is 3.91. The summed E-state index contributed by atoms with van der Waals surface area (Å²) in [5, 5.41) is 0. The zero-order valence-corrected chi connectivity index (χ0v) is 12.3. The van der Waals surface area contributed by atoms with Crippen LogP contribution in [0.15, 0.2) is 53.7 Å². The van der Waals surface area contributed by atoms with Crippen molar-refractivity contribution in [2.45, 2.75) is 6.92 Å². The molecule has 23 heavy (non-hydrogen) atoms. The molecule has 1 amide bonds. The summed E-state index contributed by atoms with van der Waals surface area (Å²) >= 11 is 0. The van der Waals surface area contributed by atoms with Crippen LogP contribution >= 0.6 is 0 Å². The molecule has 0 bridgehead atoms. The number of aromatic nitrogens is 2. The van der Waals surface area contributed by atoms with Crippen molar-refractivity contribution in [2.75, 3.05) is 0 Å². The molecular weight excluding hydrogens is 293 g/mol. The van der Waals surface area contributed by atoms with Crippen LogP contribution in [0.1, 0.15) is 21.7 Å². The first kappa shape index (κ1) is 13.6. The number of carbonyl (C=O) groups is 1. The Morgan fingerprint density at radius 3 is 2.57 bits per heavy atom. The third-order valence-corrected chi connectivity index (χ3v) is 3.95. The number of hydrogen-bond acceptors (Lipinski definition) is 2. The summed E-state index contributed by atoms with van der Waals surface area (Å²) < 4.78 is 15.1. The van der Waals surface area contributed by atoms with Gasteiger partial charge in [0.05, 0.1) is 17.5 Å². The van der Waals surface area contributed by atoms with Gasteiger partial charge in [-0.15, -0.1) is 0 Å². The van der Waals surface area contributed by atoms with Crippen LogP contribution in [-0.4, -0.2) is 21.7 Å². The number of carbonyl (C=O) groups excluding carboxylic acids is 1. The van der Waals surface area contributed by atoms with Crippen LogP contribution in [0.3, 0.4) is 0 Å². The molecule has 0 fully saturated rings. The Morgan fingerprint density at radius 1 is 1.04 bits per heavy atom. The quantitative estimate of drug-likeness (QED) is 0.727. The lowest BCUT2D eigenvalue weighted by molar-refractivity contribution is 0.101. The van der Waals surface area contributed by atoms with E-state index in [1.165, 1.54) is 12.1 Å². The van der Waals surface area contributed by atoms with Gasteiger partial charge < -0.3 is 0 Å². The van der Waals surface area contributed by atoms with Crippen LogP contribution < -0.4 is 0 Å². The number of hydrogen-bond donors (Lipinski definition) is 0. The van der Waals surface area contributed by atoms with Gasteiger partial charge in [-0.1, -0.05) is 12.1 Å². The molecule has 0 radical (unpaired) electrons. The molecule has 1 aromatic heterocycles. The summed E-state index contributed by atoms with van der Waals surface area (Å²) in [6.07, 6.45) is 3.34. The number of halogens is 1. The van der Waals surface area contributed by atoms with E-state index in [9.17, 15) is 9.18 Å². The summed E-state index contributed by atoms with van der Waals surface area (Å²) in [6, 6.07) is 11.8. The molecule has 1 aliphatic rings. The summed E-state index contributed by atoms with van der Waals surface area (Å²) in [5.74, 6) is 0.267. The molecule has 0 spiro atoms. The number of fused-ring (bicyclic) bond motifs is 1. The molecule has 0 atom stereocenters. The fourth-order valence-electron chi connectivity index (χ4n) is 2.86. The molecule has 1 aliphatic heterocycles. The average Bonchev–Trinajstić information content (AvgIpc) is 3.12. The van der Waals surface area contributed by atoms with Crippen LogP contribution in [0.25, 0.3) is 16.9 Å². The molecule has 0 aliphatic carbocycles. The molecule has 112 valence electrons. The molecule has 0 N–H and O–H groups in total. The van der Waals surface area contributed by atoms with Crippen molar-refractivity contribution < 1.29 is 9.18 Å². The molecule has 2 heterocycles. The second kappa shape index (κ2) is 4.98. The minimum Gasteiger partial charge on any atom is -0.297 e. The SMILES string of the molecule is Cc1ncc(-c2cccc3c2C=NC3=O)n1-c1ccc(F)cc1. The van der Waals surface area contributed by atoms with Crippen molar-refractivity contribution in [3.05, 3.63) is 71.4 Å². The van der Waals surface area contributed by atoms with E-state index in [-0.39, 0.29) is 11.7 Å². The highest BCUT2D eigenvalue weighted by Gasteiger charge is 2.21. The van der Waals surface area contributed by atoms with E-state index in [1.54, 1.807) is 30.6 Å². The Labute approximate surface area is 131 Å². The van der Waals surface area contributed by atoms with Crippen molar-refractivity contribution in [3.63, 3.8) is 0 Å². The predicted molar refractivity (Wildman–Crippen MR) is 85.6 cm³/mol. The number of aliphatic imine (C=N–C) groups is 1. The topological polar surface area (TPSA) is 47.2 Å².